The standard InChI is InChI=1S/C7H5ClN2OS/c8-4-1-6(12-3-4)5-2-7(9)11-10-5/h1-3H,9H2. The fourth-order valence-electron chi connectivity index (χ4n) is 0.853. The summed E-state index contributed by atoms with van der Waals surface area (Å²) in [6, 6.07) is 3.49. The molecule has 0 aliphatic carbocycles. The predicted octanol–water partition coefficient (Wildman–Crippen LogP) is 2.64. The second-order valence-corrected chi connectivity index (χ2v) is 3.59. The molecule has 2 rings (SSSR count). The minimum absolute atomic E-state index is 0.314. The molecule has 5 heteroatoms. The van der Waals surface area contributed by atoms with Gasteiger partial charge >= 0.3 is 0 Å². The Labute approximate surface area is 77.7 Å². The second kappa shape index (κ2) is 2.80. The van der Waals surface area contributed by atoms with E-state index in [-0.39, 0.29) is 0 Å². The van der Waals surface area contributed by atoms with Crippen LogP contribution in [0.15, 0.2) is 22.0 Å². The molecule has 0 saturated carbocycles. The van der Waals surface area contributed by atoms with Gasteiger partial charge in [-0.25, -0.2) is 0 Å². The highest BCUT2D eigenvalue weighted by Gasteiger charge is 2.05. The van der Waals surface area contributed by atoms with Gasteiger partial charge in [0.25, 0.3) is 0 Å². The lowest BCUT2D eigenvalue weighted by Gasteiger charge is -1.82. The minimum Gasteiger partial charge on any atom is -0.368 e. The first-order chi connectivity index (χ1) is 5.75. The summed E-state index contributed by atoms with van der Waals surface area (Å²) < 4.78 is 4.72. The van der Waals surface area contributed by atoms with Crippen LogP contribution >= 0.6 is 22.9 Å². The first kappa shape index (κ1) is 7.64. The van der Waals surface area contributed by atoms with Gasteiger partial charge in [-0.15, -0.1) is 11.3 Å². The molecule has 0 radical (unpaired) electrons. The van der Waals surface area contributed by atoms with Gasteiger partial charge in [0.15, 0.2) is 0 Å². The smallest absolute Gasteiger partial charge is 0.222 e. The molecular formula is C7H5ClN2OS. The third-order valence-corrected chi connectivity index (χ3v) is 2.65. The number of aromatic nitrogens is 1. The zero-order valence-corrected chi connectivity index (χ0v) is 7.52. The first-order valence-electron chi connectivity index (χ1n) is 3.22. The summed E-state index contributed by atoms with van der Waals surface area (Å²) in [6.07, 6.45) is 0. The van der Waals surface area contributed by atoms with Crippen molar-refractivity contribution in [1.29, 1.82) is 0 Å². The molecule has 0 aliphatic heterocycles. The van der Waals surface area contributed by atoms with Crippen molar-refractivity contribution in [3.05, 3.63) is 22.5 Å². The minimum atomic E-state index is 0.314. The Morgan fingerprint density at radius 3 is 2.83 bits per heavy atom. The summed E-state index contributed by atoms with van der Waals surface area (Å²) in [5.74, 6) is 0.314. The highest BCUT2D eigenvalue weighted by atomic mass is 35.5. The van der Waals surface area contributed by atoms with Crippen LogP contribution in [-0.2, 0) is 0 Å². The van der Waals surface area contributed by atoms with Crippen molar-refractivity contribution >= 4 is 28.8 Å². The Balaban J connectivity index is 2.43. The molecule has 3 nitrogen and oxygen atoms in total. The number of thiophene rings is 1. The molecule has 0 saturated heterocycles. The summed E-state index contributed by atoms with van der Waals surface area (Å²) in [5, 5.41) is 6.29. The molecule has 2 heterocycles. The van der Waals surface area contributed by atoms with Gasteiger partial charge in [0.1, 0.15) is 5.69 Å². The van der Waals surface area contributed by atoms with E-state index >= 15 is 0 Å². The van der Waals surface area contributed by atoms with Gasteiger partial charge in [-0.1, -0.05) is 16.8 Å². The van der Waals surface area contributed by atoms with E-state index in [1.165, 1.54) is 11.3 Å². The summed E-state index contributed by atoms with van der Waals surface area (Å²) in [4.78, 5) is 0.959. The van der Waals surface area contributed by atoms with Crippen LogP contribution in [0.5, 0.6) is 0 Å². The first-order valence-corrected chi connectivity index (χ1v) is 4.48. The van der Waals surface area contributed by atoms with Gasteiger partial charge < -0.3 is 10.3 Å². The summed E-state index contributed by atoms with van der Waals surface area (Å²) in [5.41, 5.74) is 6.09. The van der Waals surface area contributed by atoms with Crippen molar-refractivity contribution in [2.45, 2.75) is 0 Å². The lowest BCUT2D eigenvalue weighted by atomic mass is 10.3. The Hall–Kier alpha value is -1.00. The molecule has 62 valence electrons. The van der Waals surface area contributed by atoms with Gasteiger partial charge in [-0.2, -0.15) is 0 Å². The SMILES string of the molecule is Nc1cc(-c2cc(Cl)cs2)no1. The fourth-order valence-corrected chi connectivity index (χ4v) is 1.88. The molecule has 0 fully saturated rings. The molecule has 2 aromatic rings. The van der Waals surface area contributed by atoms with Gasteiger partial charge in [-0.05, 0) is 6.07 Å². The average molecular weight is 201 g/mol. The van der Waals surface area contributed by atoms with E-state index in [0.717, 1.165) is 10.6 Å². The van der Waals surface area contributed by atoms with Crippen LogP contribution < -0.4 is 5.73 Å². The van der Waals surface area contributed by atoms with Crippen molar-refractivity contribution in [1.82, 2.24) is 5.16 Å². The summed E-state index contributed by atoms with van der Waals surface area (Å²) in [7, 11) is 0. The van der Waals surface area contributed by atoms with Crippen LogP contribution in [0.25, 0.3) is 10.6 Å². The Kier molecular flexibility index (Phi) is 1.78. The van der Waals surface area contributed by atoms with Gasteiger partial charge in [0.2, 0.25) is 5.88 Å². The molecule has 0 atom stereocenters. The third kappa shape index (κ3) is 1.31. The van der Waals surface area contributed by atoms with Crippen LogP contribution in [0.3, 0.4) is 0 Å². The average Bonchev–Trinajstić information content (AvgIpc) is 2.58. The van der Waals surface area contributed by atoms with E-state index in [1.807, 2.05) is 11.4 Å². The maximum Gasteiger partial charge on any atom is 0.222 e. The van der Waals surface area contributed by atoms with E-state index in [0.29, 0.717) is 10.9 Å². The maximum atomic E-state index is 5.74. The van der Waals surface area contributed by atoms with Crippen LogP contribution in [0, 0.1) is 0 Å². The zero-order chi connectivity index (χ0) is 8.55. The molecule has 2 aromatic heterocycles. The number of nitrogen functional groups attached to an aromatic ring is 1. The molecule has 0 unspecified atom stereocenters. The van der Waals surface area contributed by atoms with E-state index in [9.17, 15) is 0 Å². The van der Waals surface area contributed by atoms with E-state index < -0.39 is 0 Å². The molecule has 12 heavy (non-hydrogen) atoms. The number of nitrogens with zero attached hydrogens (tertiary/aromatic N) is 1. The highest BCUT2D eigenvalue weighted by Crippen LogP contribution is 2.29. The number of hydrogen-bond acceptors (Lipinski definition) is 4. The number of anilines is 1. The quantitative estimate of drug-likeness (QED) is 0.770. The number of rotatable bonds is 1. The molecule has 0 amide bonds. The van der Waals surface area contributed by atoms with Gasteiger partial charge in [-0.3, -0.25) is 0 Å². The third-order valence-electron chi connectivity index (χ3n) is 1.35. The molecular weight excluding hydrogens is 196 g/mol. The largest absolute Gasteiger partial charge is 0.368 e. The monoisotopic (exact) mass is 200 g/mol. The van der Waals surface area contributed by atoms with E-state index in [2.05, 4.69) is 5.16 Å². The van der Waals surface area contributed by atoms with Gasteiger partial charge in [0, 0.05) is 11.4 Å². The van der Waals surface area contributed by atoms with Crippen molar-refractivity contribution in [3.63, 3.8) is 0 Å². The Morgan fingerprint density at radius 2 is 2.33 bits per heavy atom. The number of nitrogens with two attached hydrogens (primary N) is 1. The fraction of sp³-hybridized carbons (Fsp3) is 0. The van der Waals surface area contributed by atoms with Crippen molar-refractivity contribution < 1.29 is 4.52 Å². The number of halogens is 1. The molecule has 0 aromatic carbocycles. The van der Waals surface area contributed by atoms with E-state index in [1.54, 1.807) is 6.07 Å². The van der Waals surface area contributed by atoms with Crippen LogP contribution in [-0.4, -0.2) is 5.16 Å². The normalized spacial score (nSPS) is 10.4. The number of hydrogen-bond donors (Lipinski definition) is 1. The van der Waals surface area contributed by atoms with Crippen molar-refractivity contribution in [2.75, 3.05) is 5.73 Å². The van der Waals surface area contributed by atoms with Crippen LogP contribution in [0.1, 0.15) is 0 Å². The topological polar surface area (TPSA) is 52.0 Å². The molecule has 2 N–H and O–H groups in total. The molecule has 0 aliphatic rings. The zero-order valence-electron chi connectivity index (χ0n) is 5.95. The highest BCUT2D eigenvalue weighted by molar-refractivity contribution is 7.14. The lowest BCUT2D eigenvalue weighted by Crippen LogP contribution is -1.75. The second-order valence-electron chi connectivity index (χ2n) is 2.24. The Morgan fingerprint density at radius 1 is 1.50 bits per heavy atom. The summed E-state index contributed by atoms with van der Waals surface area (Å²) >= 11 is 7.24. The molecule has 0 bridgehead atoms. The van der Waals surface area contributed by atoms with E-state index in [4.69, 9.17) is 21.9 Å². The van der Waals surface area contributed by atoms with Crippen molar-refractivity contribution in [3.8, 4) is 10.6 Å². The molecule has 0 spiro atoms. The van der Waals surface area contributed by atoms with Crippen molar-refractivity contribution in [2.24, 2.45) is 0 Å². The lowest BCUT2D eigenvalue weighted by molar-refractivity contribution is 0.439. The van der Waals surface area contributed by atoms with Crippen LogP contribution in [0.4, 0.5) is 5.88 Å². The van der Waals surface area contributed by atoms with Gasteiger partial charge in [0.05, 0.1) is 9.90 Å². The Bertz CT molecular complexity index is 357. The summed E-state index contributed by atoms with van der Waals surface area (Å²) in [6.45, 7) is 0. The van der Waals surface area contributed by atoms with Crippen LogP contribution in [0.2, 0.25) is 5.02 Å². The predicted molar refractivity (Wildman–Crippen MR) is 49.2 cm³/mol. The maximum absolute atomic E-state index is 5.74.